The van der Waals surface area contributed by atoms with Gasteiger partial charge < -0.3 is 58.8 Å². The Hall–Kier alpha value is -4.40. The number of Topliss-reactive ketones (excluding diaryl/α,β-unsaturated/α-hetero) is 8. The van der Waals surface area contributed by atoms with Crippen LogP contribution < -0.4 is 0 Å². The smallest absolute Gasteiger partial charge is 0.502 e. The van der Waals surface area contributed by atoms with Gasteiger partial charge in [0, 0.05) is 46.3 Å². The van der Waals surface area contributed by atoms with E-state index in [1.54, 1.807) is 0 Å². The second-order valence-electron chi connectivity index (χ2n) is 7.17. The molecule has 0 aromatic rings. The van der Waals surface area contributed by atoms with E-state index in [-0.39, 0.29) is 26.2 Å². The van der Waals surface area contributed by atoms with E-state index < -0.39 is 93.8 Å². The van der Waals surface area contributed by atoms with Gasteiger partial charge in [-0.2, -0.15) is 0 Å². The van der Waals surface area contributed by atoms with Gasteiger partial charge in [-0.1, -0.05) is 0 Å². The zero-order valence-electron chi connectivity index (χ0n) is 23.2. The molecule has 17 heteroatoms. The summed E-state index contributed by atoms with van der Waals surface area (Å²) < 4.78 is 0. The van der Waals surface area contributed by atoms with Crippen molar-refractivity contribution < 1.29 is 104 Å². The van der Waals surface area contributed by atoms with Gasteiger partial charge in [-0.05, 0) is 55.4 Å². The molecule has 0 saturated carbocycles. The summed E-state index contributed by atoms with van der Waals surface area (Å²) >= 11 is 0. The van der Waals surface area contributed by atoms with Crippen LogP contribution in [0.1, 0.15) is 55.4 Å². The Kier molecular flexibility index (Phi) is 25.4. The molecular formula is C24H28O16Zr. The van der Waals surface area contributed by atoms with Gasteiger partial charge in [-0.3, -0.25) is 19.2 Å². The maximum absolute atomic E-state index is 10.4. The zero-order valence-corrected chi connectivity index (χ0v) is 25.6. The van der Waals surface area contributed by atoms with E-state index in [1.165, 1.54) is 0 Å². The number of aliphatic carboxylic acids is 4. The molecule has 0 fully saturated rings. The molecule has 41 heavy (non-hydrogen) atoms. The van der Waals surface area contributed by atoms with Gasteiger partial charge in [0.1, 0.15) is 0 Å². The van der Waals surface area contributed by atoms with Crippen molar-refractivity contribution in [3.63, 3.8) is 0 Å². The van der Waals surface area contributed by atoms with Crippen molar-refractivity contribution >= 4 is 70.1 Å². The molecule has 0 aromatic carbocycles. The fourth-order valence-corrected chi connectivity index (χ4v) is 2.20. The standard InChI is InChI=1S/4C6H7O4.Zr/c4*1-3(7)5(4(2)8)6(9)10;/h4*1-2H3,(H,9,10);/q4*-1;+4. The van der Waals surface area contributed by atoms with E-state index in [1.807, 2.05) is 0 Å². The Morgan fingerprint density at radius 2 is 0.366 bits per heavy atom. The summed E-state index contributed by atoms with van der Waals surface area (Å²) in [4.78, 5) is 124. The fraction of sp³-hybridized carbons (Fsp3) is 0.333. The minimum atomic E-state index is -1.46. The van der Waals surface area contributed by atoms with E-state index in [2.05, 4.69) is 0 Å². The predicted molar refractivity (Wildman–Crippen MR) is 129 cm³/mol. The summed E-state index contributed by atoms with van der Waals surface area (Å²) in [6, 6.07) is 0. The Morgan fingerprint density at radius 1 is 0.293 bits per heavy atom. The number of rotatable bonds is 12. The summed E-state index contributed by atoms with van der Waals surface area (Å²) in [7, 11) is 0. The van der Waals surface area contributed by atoms with Gasteiger partial charge in [0.05, 0.1) is 0 Å². The van der Waals surface area contributed by atoms with Gasteiger partial charge in [0.15, 0.2) is 23.9 Å². The summed E-state index contributed by atoms with van der Waals surface area (Å²) in [5.41, 5.74) is 0. The Labute approximate surface area is 253 Å². The summed E-state index contributed by atoms with van der Waals surface area (Å²) in [5.74, 6) is -14.2. The SMILES string of the molecule is CC(=O)[C-](C(C)=O)C(=O)O.CC(=O)[C-](C(C)=O)C(=O)O.CC(=O)[C-](C(C)=O)C(=O)O.CC(=O)[C-](C(C)=O)C(=O)O.[Zr+4]. The minimum absolute atomic E-state index is 0. The molecule has 0 bridgehead atoms. The number of carboxylic acids is 4. The first-order valence-corrected chi connectivity index (χ1v) is 10.3. The van der Waals surface area contributed by atoms with Crippen molar-refractivity contribution in [3.05, 3.63) is 23.7 Å². The van der Waals surface area contributed by atoms with Crippen molar-refractivity contribution in [2.45, 2.75) is 55.4 Å². The average molecular weight is 664 g/mol. The minimum Gasteiger partial charge on any atom is -0.502 e. The maximum atomic E-state index is 10.4. The summed E-state index contributed by atoms with van der Waals surface area (Å²) in [6.45, 7) is 8.37. The Morgan fingerprint density at radius 3 is 0.366 bits per heavy atom. The molecule has 0 atom stereocenters. The molecule has 0 aliphatic rings. The van der Waals surface area contributed by atoms with Crippen LogP contribution in [-0.2, 0) is 83.7 Å². The molecule has 0 amide bonds. The van der Waals surface area contributed by atoms with Crippen molar-refractivity contribution in [2.24, 2.45) is 0 Å². The van der Waals surface area contributed by atoms with Gasteiger partial charge in [-0.15, -0.1) is 23.7 Å². The van der Waals surface area contributed by atoms with Crippen LogP contribution in [0.25, 0.3) is 0 Å². The van der Waals surface area contributed by atoms with E-state index >= 15 is 0 Å². The average Bonchev–Trinajstić information content (AvgIpc) is 2.64. The summed E-state index contributed by atoms with van der Waals surface area (Å²) in [6.07, 6.45) is 0. The van der Waals surface area contributed by atoms with Crippen LogP contribution in [0.4, 0.5) is 0 Å². The van der Waals surface area contributed by atoms with Gasteiger partial charge in [-0.25, -0.2) is 0 Å². The summed E-state index contributed by atoms with van der Waals surface area (Å²) in [5, 5.41) is 32.9. The molecule has 0 aliphatic carbocycles. The number of carbonyl (C=O) groups excluding carboxylic acids is 8. The van der Waals surface area contributed by atoms with Crippen molar-refractivity contribution in [1.29, 1.82) is 0 Å². The molecule has 0 heterocycles. The van der Waals surface area contributed by atoms with E-state index in [0.29, 0.717) is 0 Å². The van der Waals surface area contributed by atoms with Crippen LogP contribution in [0.2, 0.25) is 0 Å². The molecule has 224 valence electrons. The molecule has 16 nitrogen and oxygen atoms in total. The molecule has 0 aliphatic heterocycles. The van der Waals surface area contributed by atoms with Crippen LogP contribution in [-0.4, -0.2) is 90.6 Å². The van der Waals surface area contributed by atoms with Crippen LogP contribution in [0, 0.1) is 23.7 Å². The molecule has 4 N–H and O–H groups in total. The third kappa shape index (κ3) is 21.1. The molecule has 0 aromatic heterocycles. The van der Waals surface area contributed by atoms with Crippen molar-refractivity contribution in [2.75, 3.05) is 0 Å². The molecule has 0 saturated heterocycles. The first kappa shape index (κ1) is 46.5. The third-order valence-corrected chi connectivity index (χ3v) is 3.67. The number of carboxylic acid groups (broad SMARTS) is 4. The maximum Gasteiger partial charge on any atom is 4.00 e. The van der Waals surface area contributed by atoms with Gasteiger partial charge in [0.2, 0.25) is 0 Å². The second-order valence-corrected chi connectivity index (χ2v) is 7.17. The molecular weight excluding hydrogens is 635 g/mol. The van der Waals surface area contributed by atoms with E-state index in [0.717, 1.165) is 55.4 Å². The number of hydrogen-bond donors (Lipinski definition) is 4. The van der Waals surface area contributed by atoms with Gasteiger partial charge >= 0.3 is 26.2 Å². The third-order valence-electron chi connectivity index (χ3n) is 3.67. The van der Waals surface area contributed by atoms with Crippen LogP contribution in [0.5, 0.6) is 0 Å². The first-order chi connectivity index (χ1) is 17.9. The quantitative estimate of drug-likeness (QED) is 0.148. The first-order valence-electron chi connectivity index (χ1n) is 10.3. The normalized spacial score (nSPS) is 8.39. The molecule has 0 unspecified atom stereocenters. The van der Waals surface area contributed by atoms with Crippen LogP contribution >= 0.6 is 0 Å². The van der Waals surface area contributed by atoms with Crippen molar-refractivity contribution in [1.82, 2.24) is 0 Å². The Balaban J connectivity index is -0.000000139. The molecule has 0 rings (SSSR count). The van der Waals surface area contributed by atoms with E-state index in [9.17, 15) is 57.5 Å². The van der Waals surface area contributed by atoms with Crippen LogP contribution in [0.15, 0.2) is 0 Å². The zero-order chi connectivity index (χ0) is 33.2. The number of carbonyl (C=O) groups is 12. The van der Waals surface area contributed by atoms with Gasteiger partial charge in [0.25, 0.3) is 0 Å². The molecule has 0 radical (unpaired) electrons. The second kappa shape index (κ2) is 22.4. The topological polar surface area (TPSA) is 286 Å². The monoisotopic (exact) mass is 662 g/mol. The Bertz CT molecular complexity index is 770. The molecule has 0 spiro atoms. The van der Waals surface area contributed by atoms with Crippen LogP contribution in [0.3, 0.4) is 0 Å². The largest absolute Gasteiger partial charge is 4.00 e. The number of hydrogen-bond acceptors (Lipinski definition) is 12. The number of ketones is 8. The fourth-order valence-electron chi connectivity index (χ4n) is 2.20. The van der Waals surface area contributed by atoms with Crippen molar-refractivity contribution in [3.8, 4) is 0 Å². The predicted octanol–water partition coefficient (Wildman–Crippen LogP) is -0.709. The van der Waals surface area contributed by atoms with E-state index in [4.69, 9.17) is 20.4 Å².